The molecule has 1 aliphatic rings. The molecular weight excluding hydrogens is 737 g/mol. The Kier molecular flexibility index (Phi) is 14.9. The first-order valence-electron chi connectivity index (χ1n) is 19.3. The Morgan fingerprint density at radius 3 is 2.16 bits per heavy atom. The molecule has 6 rings (SSSR count). The maximum atomic E-state index is 12.8. The van der Waals surface area contributed by atoms with Crippen LogP contribution in [0.4, 0.5) is 17.1 Å². The molecule has 0 bridgehead atoms. The highest BCUT2D eigenvalue weighted by atomic mass is 32.2. The number of aliphatic hydroxyl groups is 1. The number of carbonyl (C=O) groups is 3. The third-order valence-corrected chi connectivity index (χ3v) is 10.9. The smallest absolute Gasteiger partial charge is 0.224 e. The number of ether oxygens (including phenoxy) is 2. The van der Waals surface area contributed by atoms with Crippen LogP contribution in [0.25, 0.3) is 11.1 Å². The van der Waals surface area contributed by atoms with E-state index in [0.717, 1.165) is 50.4 Å². The number of hydrogen-bond acceptors (Lipinski definition) is 8. The fourth-order valence-corrected chi connectivity index (χ4v) is 7.60. The van der Waals surface area contributed by atoms with Crippen molar-refractivity contribution in [2.24, 2.45) is 0 Å². The van der Waals surface area contributed by atoms with Gasteiger partial charge in [0.25, 0.3) is 0 Å². The fraction of sp³-hybridized carbons (Fsp3) is 0.283. The molecule has 0 aliphatic carbocycles. The van der Waals surface area contributed by atoms with E-state index in [4.69, 9.17) is 15.2 Å². The molecule has 1 aliphatic heterocycles. The van der Waals surface area contributed by atoms with Gasteiger partial charge in [0.1, 0.15) is 0 Å². The van der Waals surface area contributed by atoms with Crippen LogP contribution in [0.2, 0.25) is 0 Å². The lowest BCUT2D eigenvalue weighted by atomic mass is 9.97. The minimum absolute atomic E-state index is 0.0189. The Hall–Kier alpha value is -5.46. The molecule has 1 saturated heterocycles. The maximum Gasteiger partial charge on any atom is 0.224 e. The van der Waals surface area contributed by atoms with Gasteiger partial charge in [0.2, 0.25) is 17.7 Å². The normalized spacial score (nSPS) is 16.4. The summed E-state index contributed by atoms with van der Waals surface area (Å²) in [6.45, 7) is 1.88. The fourth-order valence-electron chi connectivity index (χ4n) is 6.68. The molecule has 1 fully saturated rings. The highest BCUT2D eigenvalue weighted by Crippen LogP contribution is 2.40. The van der Waals surface area contributed by atoms with Gasteiger partial charge in [-0.05, 0) is 77.1 Å². The van der Waals surface area contributed by atoms with Crippen molar-refractivity contribution in [2.45, 2.75) is 82.0 Å². The zero-order valence-electron chi connectivity index (χ0n) is 32.1. The topological polar surface area (TPSA) is 152 Å². The maximum absolute atomic E-state index is 12.8. The Morgan fingerprint density at radius 1 is 0.754 bits per heavy atom. The predicted molar refractivity (Wildman–Crippen MR) is 226 cm³/mol. The molecule has 0 spiro atoms. The van der Waals surface area contributed by atoms with E-state index in [2.05, 4.69) is 34.1 Å². The summed E-state index contributed by atoms with van der Waals surface area (Å²) in [4.78, 5) is 37.6. The molecule has 0 radical (unpaired) electrons. The first-order valence-corrected chi connectivity index (χ1v) is 20.3. The van der Waals surface area contributed by atoms with E-state index in [9.17, 15) is 19.5 Å². The molecule has 6 N–H and O–H groups in total. The highest BCUT2D eigenvalue weighted by molar-refractivity contribution is 7.99. The lowest BCUT2D eigenvalue weighted by Gasteiger charge is -2.36. The molecule has 57 heavy (non-hydrogen) atoms. The Labute approximate surface area is 338 Å². The standard InChI is InChI=1S/C46H50N4O6S/c1-31(52)49-37-23-25-39(26-24-37)57-30-38-27-43(34-17-15-32(29-51)16-18-34)56-46(55-38)35-21-19-33(20-22-35)40-10-6-5-9-36(40)28-48-44(53)13-3-2-4-14-45(54)50-42-12-8-7-11-41(42)47/h5-12,15-26,38,43,46,51H,2-4,13-14,27-30,47H2,1H3,(H,48,53)(H,49,52)(H,50,54)/t38-,43+,46+/m1/s1. The van der Waals surface area contributed by atoms with Gasteiger partial charge in [-0.3, -0.25) is 14.4 Å². The van der Waals surface area contributed by atoms with Crippen molar-refractivity contribution in [1.29, 1.82) is 0 Å². The van der Waals surface area contributed by atoms with E-state index < -0.39 is 6.29 Å². The Bertz CT molecular complexity index is 2090. The lowest BCUT2D eigenvalue weighted by Crippen LogP contribution is -2.31. The van der Waals surface area contributed by atoms with Crippen LogP contribution < -0.4 is 21.7 Å². The van der Waals surface area contributed by atoms with Crippen LogP contribution in [-0.4, -0.2) is 34.7 Å². The van der Waals surface area contributed by atoms with Crippen LogP contribution >= 0.6 is 11.8 Å². The number of aliphatic hydroxyl groups excluding tert-OH is 1. The number of hydrogen-bond donors (Lipinski definition) is 5. The summed E-state index contributed by atoms with van der Waals surface area (Å²) in [6, 6.07) is 39.1. The van der Waals surface area contributed by atoms with Crippen molar-refractivity contribution in [3.63, 3.8) is 0 Å². The van der Waals surface area contributed by atoms with Gasteiger partial charge in [0.15, 0.2) is 6.29 Å². The zero-order chi connectivity index (χ0) is 40.0. The van der Waals surface area contributed by atoms with E-state index in [1.54, 1.807) is 23.9 Å². The van der Waals surface area contributed by atoms with Crippen LogP contribution in [0, 0.1) is 0 Å². The second-order valence-electron chi connectivity index (χ2n) is 14.1. The molecule has 11 heteroatoms. The van der Waals surface area contributed by atoms with Gasteiger partial charge >= 0.3 is 0 Å². The summed E-state index contributed by atoms with van der Waals surface area (Å²) in [5.74, 6) is 0.497. The van der Waals surface area contributed by atoms with Gasteiger partial charge in [-0.25, -0.2) is 0 Å². The van der Waals surface area contributed by atoms with Gasteiger partial charge in [-0.1, -0.05) is 91.3 Å². The molecule has 0 aromatic heterocycles. The minimum Gasteiger partial charge on any atom is -0.397 e. The molecule has 3 atom stereocenters. The van der Waals surface area contributed by atoms with E-state index >= 15 is 0 Å². The number of carbonyl (C=O) groups excluding carboxylic acids is 3. The average molecular weight is 787 g/mol. The quantitative estimate of drug-likeness (QED) is 0.0356. The van der Waals surface area contributed by atoms with Gasteiger partial charge in [0.05, 0.1) is 30.2 Å². The summed E-state index contributed by atoms with van der Waals surface area (Å²) in [5, 5.41) is 18.3. The third-order valence-electron chi connectivity index (χ3n) is 9.76. The van der Waals surface area contributed by atoms with Crippen LogP contribution in [0.1, 0.15) is 80.1 Å². The van der Waals surface area contributed by atoms with Crippen LogP contribution in [0.5, 0.6) is 0 Å². The molecule has 5 aromatic rings. The molecule has 3 amide bonds. The first-order chi connectivity index (χ1) is 27.7. The molecule has 10 nitrogen and oxygen atoms in total. The summed E-state index contributed by atoms with van der Waals surface area (Å²) in [6.07, 6.45) is 2.70. The minimum atomic E-state index is -0.588. The second-order valence-corrected chi connectivity index (χ2v) is 15.2. The van der Waals surface area contributed by atoms with Crippen molar-refractivity contribution in [1.82, 2.24) is 5.32 Å². The molecule has 1 heterocycles. The number of nitrogen functional groups attached to an aromatic ring is 1. The number of nitrogens with two attached hydrogens (primary N) is 1. The summed E-state index contributed by atoms with van der Waals surface area (Å²) >= 11 is 1.70. The number of benzene rings is 5. The second kappa shape index (κ2) is 20.6. The van der Waals surface area contributed by atoms with Gasteiger partial charge < -0.3 is 36.3 Å². The van der Waals surface area contributed by atoms with E-state index in [-0.39, 0.29) is 36.5 Å². The molecular formula is C46H50N4O6S. The van der Waals surface area contributed by atoms with Crippen molar-refractivity contribution >= 4 is 46.5 Å². The SMILES string of the molecule is CC(=O)Nc1ccc(SC[C@H]2C[C@@H](c3ccc(CO)cc3)O[C@@H](c3ccc(-c4ccccc4CNC(=O)CCCCCC(=O)Nc4ccccc4N)cc3)O2)cc1. The number of anilines is 3. The Balaban J connectivity index is 1.03. The third kappa shape index (κ3) is 12.3. The number of thioether (sulfide) groups is 1. The lowest BCUT2D eigenvalue weighted by molar-refractivity contribution is -0.245. The van der Waals surface area contributed by atoms with Gasteiger partial charge in [-0.15, -0.1) is 11.8 Å². The first kappa shape index (κ1) is 41.2. The monoisotopic (exact) mass is 786 g/mol. The number of rotatable bonds is 17. The van der Waals surface area contributed by atoms with Gasteiger partial charge in [0, 0.05) is 54.6 Å². The molecule has 0 saturated carbocycles. The van der Waals surface area contributed by atoms with E-state index in [1.165, 1.54) is 6.92 Å². The number of amides is 3. The number of nitrogens with one attached hydrogen (secondary N) is 3. The Morgan fingerprint density at radius 2 is 1.44 bits per heavy atom. The number of unbranched alkanes of at least 4 members (excludes halogenated alkanes) is 2. The number of para-hydroxylation sites is 2. The van der Waals surface area contributed by atoms with Crippen LogP contribution in [0.15, 0.2) is 126 Å². The zero-order valence-corrected chi connectivity index (χ0v) is 32.9. The molecule has 0 unspecified atom stereocenters. The molecule has 296 valence electrons. The summed E-state index contributed by atoms with van der Waals surface area (Å²) in [5.41, 5.74) is 13.6. The van der Waals surface area contributed by atoms with Crippen molar-refractivity contribution < 1.29 is 29.0 Å². The van der Waals surface area contributed by atoms with E-state index in [1.807, 2.05) is 91.0 Å². The van der Waals surface area contributed by atoms with Crippen molar-refractivity contribution in [2.75, 3.05) is 22.1 Å². The predicted octanol–water partition coefficient (Wildman–Crippen LogP) is 8.93. The highest BCUT2D eigenvalue weighted by Gasteiger charge is 2.32. The van der Waals surface area contributed by atoms with Crippen molar-refractivity contribution in [3.05, 3.63) is 144 Å². The molecule has 5 aromatic carbocycles. The van der Waals surface area contributed by atoms with Crippen LogP contribution in [0.3, 0.4) is 0 Å². The van der Waals surface area contributed by atoms with E-state index in [0.29, 0.717) is 55.8 Å². The van der Waals surface area contributed by atoms with Crippen LogP contribution in [-0.2, 0) is 37.0 Å². The van der Waals surface area contributed by atoms with Crippen molar-refractivity contribution in [3.8, 4) is 11.1 Å². The summed E-state index contributed by atoms with van der Waals surface area (Å²) in [7, 11) is 0. The summed E-state index contributed by atoms with van der Waals surface area (Å²) < 4.78 is 13.2. The van der Waals surface area contributed by atoms with Gasteiger partial charge in [-0.2, -0.15) is 0 Å². The average Bonchev–Trinajstić information content (AvgIpc) is 3.23. The largest absolute Gasteiger partial charge is 0.397 e.